The molecule has 0 radical (unpaired) electrons. The summed E-state index contributed by atoms with van der Waals surface area (Å²) >= 11 is 0. The number of hydrogen-bond acceptors (Lipinski definition) is 3. The van der Waals surface area contributed by atoms with Crippen LogP contribution in [0.4, 0.5) is 10.1 Å². The van der Waals surface area contributed by atoms with Gasteiger partial charge in [0.1, 0.15) is 5.82 Å². The summed E-state index contributed by atoms with van der Waals surface area (Å²) in [5.74, 6) is -0.130. The molecular formula is C19H21FN4O2. The highest BCUT2D eigenvalue weighted by atomic mass is 19.1. The molecule has 26 heavy (non-hydrogen) atoms. The Labute approximate surface area is 150 Å². The first-order valence-electron chi connectivity index (χ1n) is 9.02. The zero-order valence-corrected chi connectivity index (χ0v) is 14.4. The van der Waals surface area contributed by atoms with Crippen molar-refractivity contribution in [2.45, 2.75) is 31.6 Å². The van der Waals surface area contributed by atoms with E-state index in [0.29, 0.717) is 0 Å². The summed E-state index contributed by atoms with van der Waals surface area (Å²) in [5.41, 5.74) is 1.26. The molecule has 2 heterocycles. The van der Waals surface area contributed by atoms with Crippen LogP contribution in [-0.4, -0.2) is 40.0 Å². The topological polar surface area (TPSA) is 78.1 Å². The number of anilines is 1. The van der Waals surface area contributed by atoms with E-state index in [1.165, 1.54) is 12.1 Å². The van der Waals surface area contributed by atoms with E-state index in [1.54, 1.807) is 18.2 Å². The summed E-state index contributed by atoms with van der Waals surface area (Å²) in [5, 5.41) is 9.53. The summed E-state index contributed by atoms with van der Waals surface area (Å²) in [4.78, 5) is 26.3. The number of likely N-dealkylation sites (tertiary alicyclic amines) is 1. The van der Waals surface area contributed by atoms with Gasteiger partial charge in [0.15, 0.2) is 5.69 Å². The minimum atomic E-state index is -0.482. The van der Waals surface area contributed by atoms with E-state index >= 15 is 0 Å². The Hall–Kier alpha value is -2.70. The van der Waals surface area contributed by atoms with Gasteiger partial charge < -0.3 is 10.2 Å². The Kier molecular flexibility index (Phi) is 4.44. The van der Waals surface area contributed by atoms with Crippen molar-refractivity contribution < 1.29 is 14.0 Å². The third kappa shape index (κ3) is 3.47. The minimum Gasteiger partial charge on any atom is -0.342 e. The smallest absolute Gasteiger partial charge is 0.276 e. The number of aromatic nitrogens is 2. The van der Waals surface area contributed by atoms with Crippen molar-refractivity contribution in [1.82, 2.24) is 15.1 Å². The summed E-state index contributed by atoms with van der Waals surface area (Å²) in [6.07, 6.45) is 3.77. The maximum atomic E-state index is 13.6. The standard InChI is InChI=1S/C19H21FN4O2/c20-14-3-1-2-4-15(14)21-18(25)17-11-16(22-23-17)12-7-9-24(10-8-12)19(26)13-5-6-13/h1-4,11-13H,5-10H2,(H,21,25)(H,22,23). The molecule has 0 atom stereocenters. The molecule has 2 fully saturated rings. The van der Waals surface area contributed by atoms with Gasteiger partial charge in [0.05, 0.1) is 5.69 Å². The number of rotatable bonds is 4. The molecule has 2 amide bonds. The molecule has 1 saturated carbocycles. The Morgan fingerprint density at radius 2 is 1.88 bits per heavy atom. The second kappa shape index (κ2) is 6.90. The number of nitrogens with one attached hydrogen (secondary N) is 2. The van der Waals surface area contributed by atoms with Gasteiger partial charge in [0.2, 0.25) is 5.91 Å². The van der Waals surface area contributed by atoms with Crippen molar-refractivity contribution in [1.29, 1.82) is 0 Å². The van der Waals surface area contributed by atoms with E-state index < -0.39 is 11.7 Å². The van der Waals surface area contributed by atoms with Crippen LogP contribution >= 0.6 is 0 Å². The molecule has 0 spiro atoms. The van der Waals surface area contributed by atoms with Crippen LogP contribution in [0.1, 0.15) is 47.8 Å². The monoisotopic (exact) mass is 356 g/mol. The van der Waals surface area contributed by atoms with Gasteiger partial charge >= 0.3 is 0 Å². The SMILES string of the molecule is O=C(Nc1ccccc1F)c1cc(C2CCN(C(=O)C3CC3)CC2)[nH]n1. The number of H-pyrrole nitrogens is 1. The molecule has 1 aromatic carbocycles. The highest BCUT2D eigenvalue weighted by Crippen LogP contribution is 2.34. The van der Waals surface area contributed by atoms with Crippen LogP contribution in [-0.2, 0) is 4.79 Å². The van der Waals surface area contributed by atoms with Gasteiger partial charge in [-0.15, -0.1) is 0 Å². The van der Waals surface area contributed by atoms with Crippen LogP contribution in [0.2, 0.25) is 0 Å². The zero-order valence-electron chi connectivity index (χ0n) is 14.4. The molecule has 1 aliphatic carbocycles. The molecule has 0 bridgehead atoms. The lowest BCUT2D eigenvalue weighted by Crippen LogP contribution is -2.38. The average Bonchev–Trinajstić information content (AvgIpc) is 3.39. The number of carbonyl (C=O) groups is 2. The van der Waals surface area contributed by atoms with E-state index in [-0.39, 0.29) is 29.1 Å². The number of carbonyl (C=O) groups excluding carboxylic acids is 2. The maximum Gasteiger partial charge on any atom is 0.276 e. The molecule has 2 N–H and O–H groups in total. The Morgan fingerprint density at radius 3 is 2.58 bits per heavy atom. The van der Waals surface area contributed by atoms with E-state index in [0.717, 1.165) is 44.5 Å². The quantitative estimate of drug-likeness (QED) is 0.884. The largest absolute Gasteiger partial charge is 0.342 e. The predicted octanol–water partition coefficient (Wildman–Crippen LogP) is 2.92. The summed E-state index contributed by atoms with van der Waals surface area (Å²) in [6.45, 7) is 1.49. The van der Waals surface area contributed by atoms with Gasteiger partial charge in [0, 0.05) is 30.6 Å². The highest BCUT2D eigenvalue weighted by molar-refractivity contribution is 6.03. The fourth-order valence-corrected chi connectivity index (χ4v) is 3.41. The van der Waals surface area contributed by atoms with Crippen LogP contribution in [0.15, 0.2) is 30.3 Å². The van der Waals surface area contributed by atoms with Crippen LogP contribution in [0.25, 0.3) is 0 Å². The van der Waals surface area contributed by atoms with Gasteiger partial charge in [-0.1, -0.05) is 12.1 Å². The Balaban J connectivity index is 1.36. The zero-order chi connectivity index (χ0) is 18.1. The predicted molar refractivity (Wildman–Crippen MR) is 94.2 cm³/mol. The van der Waals surface area contributed by atoms with Crippen LogP contribution in [0.3, 0.4) is 0 Å². The third-order valence-electron chi connectivity index (χ3n) is 5.13. The number of piperidine rings is 1. The molecule has 7 heteroatoms. The van der Waals surface area contributed by atoms with Crippen molar-refractivity contribution in [3.05, 3.63) is 47.5 Å². The van der Waals surface area contributed by atoms with Crippen LogP contribution in [0, 0.1) is 11.7 Å². The summed E-state index contributed by atoms with van der Waals surface area (Å²) in [6, 6.07) is 7.75. The average molecular weight is 356 g/mol. The first-order valence-corrected chi connectivity index (χ1v) is 9.02. The van der Waals surface area contributed by atoms with Gasteiger partial charge in [-0.05, 0) is 43.9 Å². The van der Waals surface area contributed by atoms with E-state index in [4.69, 9.17) is 0 Å². The van der Waals surface area contributed by atoms with Gasteiger partial charge in [-0.3, -0.25) is 14.7 Å². The van der Waals surface area contributed by atoms with Crippen molar-refractivity contribution in [2.24, 2.45) is 5.92 Å². The molecule has 0 unspecified atom stereocenters. The second-order valence-corrected chi connectivity index (χ2v) is 7.02. The number of benzene rings is 1. The Morgan fingerprint density at radius 1 is 1.15 bits per heavy atom. The normalized spacial score (nSPS) is 18.0. The fraction of sp³-hybridized carbons (Fsp3) is 0.421. The lowest BCUT2D eigenvalue weighted by Gasteiger charge is -2.31. The van der Waals surface area contributed by atoms with E-state index in [1.807, 2.05) is 4.90 Å². The van der Waals surface area contributed by atoms with E-state index in [2.05, 4.69) is 15.5 Å². The molecule has 2 aromatic rings. The van der Waals surface area contributed by atoms with Gasteiger partial charge in [0.25, 0.3) is 5.91 Å². The number of para-hydroxylation sites is 1. The second-order valence-electron chi connectivity index (χ2n) is 7.02. The molecule has 136 valence electrons. The lowest BCUT2D eigenvalue weighted by atomic mass is 9.93. The van der Waals surface area contributed by atoms with E-state index in [9.17, 15) is 14.0 Å². The van der Waals surface area contributed by atoms with Crippen LogP contribution in [0.5, 0.6) is 0 Å². The molecule has 6 nitrogen and oxygen atoms in total. The van der Waals surface area contributed by atoms with Gasteiger partial charge in [-0.25, -0.2) is 4.39 Å². The Bertz CT molecular complexity index is 822. The highest BCUT2D eigenvalue weighted by Gasteiger charge is 2.35. The third-order valence-corrected chi connectivity index (χ3v) is 5.13. The van der Waals surface area contributed by atoms with Crippen LogP contribution < -0.4 is 5.32 Å². The first-order chi connectivity index (χ1) is 12.6. The fourth-order valence-electron chi connectivity index (χ4n) is 3.41. The minimum absolute atomic E-state index is 0.133. The molecule has 1 aromatic heterocycles. The number of halogens is 1. The number of hydrogen-bond donors (Lipinski definition) is 2. The van der Waals surface area contributed by atoms with Crippen molar-refractivity contribution in [3.63, 3.8) is 0 Å². The summed E-state index contributed by atoms with van der Waals surface area (Å²) in [7, 11) is 0. The lowest BCUT2D eigenvalue weighted by molar-refractivity contribution is -0.133. The molecule has 2 aliphatic rings. The first kappa shape index (κ1) is 16.8. The number of nitrogens with zero attached hydrogens (tertiary/aromatic N) is 2. The summed E-state index contributed by atoms with van der Waals surface area (Å²) < 4.78 is 13.6. The van der Waals surface area contributed by atoms with Crippen molar-refractivity contribution in [2.75, 3.05) is 18.4 Å². The van der Waals surface area contributed by atoms with Gasteiger partial charge in [-0.2, -0.15) is 5.10 Å². The maximum absolute atomic E-state index is 13.6. The number of amides is 2. The van der Waals surface area contributed by atoms with Crippen molar-refractivity contribution >= 4 is 17.5 Å². The van der Waals surface area contributed by atoms with Crippen molar-refractivity contribution in [3.8, 4) is 0 Å². The molecule has 4 rings (SSSR count). The molecule has 1 saturated heterocycles. The molecular weight excluding hydrogens is 335 g/mol. The molecule has 1 aliphatic heterocycles. The number of aromatic amines is 1.